The van der Waals surface area contributed by atoms with Crippen LogP contribution in [0.4, 0.5) is 11.5 Å². The molecule has 0 bridgehead atoms. The van der Waals surface area contributed by atoms with E-state index >= 15 is 0 Å². The number of benzene rings is 2. The molecule has 3 aromatic rings. The highest BCUT2D eigenvalue weighted by Gasteiger charge is 2.20. The molecular formula is C22H24N4O. The third-order valence-electron chi connectivity index (χ3n) is 5.12. The lowest BCUT2D eigenvalue weighted by Crippen LogP contribution is -2.22. The van der Waals surface area contributed by atoms with Crippen LogP contribution in [-0.2, 0) is 0 Å². The van der Waals surface area contributed by atoms with E-state index in [0.29, 0.717) is 11.6 Å². The maximum Gasteiger partial charge on any atom is 0.276 e. The molecule has 1 N–H and O–H groups in total. The highest BCUT2D eigenvalue weighted by molar-refractivity contribution is 6.12. The molecule has 138 valence electrons. The molecule has 0 spiro atoms. The molecule has 0 aliphatic carbocycles. The van der Waals surface area contributed by atoms with Crippen molar-refractivity contribution in [1.82, 2.24) is 10.2 Å². The van der Waals surface area contributed by atoms with Crippen molar-refractivity contribution >= 4 is 28.2 Å². The summed E-state index contributed by atoms with van der Waals surface area (Å²) in [5.41, 5.74) is 2.37. The molecule has 1 amide bonds. The van der Waals surface area contributed by atoms with Gasteiger partial charge in [0.05, 0.1) is 0 Å². The number of nitrogens with zero attached hydrogens (tertiary/aromatic N) is 3. The molecule has 0 saturated carbocycles. The van der Waals surface area contributed by atoms with Crippen molar-refractivity contribution < 1.29 is 4.79 Å². The minimum atomic E-state index is -0.232. The molecule has 5 heteroatoms. The summed E-state index contributed by atoms with van der Waals surface area (Å²) in [6.45, 7) is 6.29. The fourth-order valence-corrected chi connectivity index (χ4v) is 3.56. The van der Waals surface area contributed by atoms with E-state index in [0.717, 1.165) is 35.4 Å². The fourth-order valence-electron chi connectivity index (χ4n) is 3.56. The molecule has 1 aliphatic rings. The second-order valence-electron chi connectivity index (χ2n) is 7.34. The van der Waals surface area contributed by atoms with E-state index < -0.39 is 0 Å². The van der Waals surface area contributed by atoms with Gasteiger partial charge in [-0.1, -0.05) is 50.2 Å². The van der Waals surface area contributed by atoms with Crippen LogP contribution in [0, 0.1) is 0 Å². The Balaban J connectivity index is 1.65. The summed E-state index contributed by atoms with van der Waals surface area (Å²) >= 11 is 0. The van der Waals surface area contributed by atoms with Gasteiger partial charge in [-0.3, -0.25) is 4.79 Å². The molecule has 5 nitrogen and oxygen atoms in total. The van der Waals surface area contributed by atoms with Gasteiger partial charge in [-0.05, 0) is 36.5 Å². The fraction of sp³-hybridized carbons (Fsp3) is 0.318. The van der Waals surface area contributed by atoms with Gasteiger partial charge in [0, 0.05) is 29.5 Å². The number of nitrogens with one attached hydrogen (secondary N) is 1. The molecule has 1 saturated heterocycles. The number of rotatable bonds is 4. The van der Waals surface area contributed by atoms with Crippen LogP contribution < -0.4 is 10.2 Å². The van der Waals surface area contributed by atoms with Gasteiger partial charge in [-0.25, -0.2) is 0 Å². The first-order chi connectivity index (χ1) is 13.1. The molecular weight excluding hydrogens is 336 g/mol. The Kier molecular flexibility index (Phi) is 4.75. The largest absolute Gasteiger partial charge is 0.355 e. The summed E-state index contributed by atoms with van der Waals surface area (Å²) in [6, 6.07) is 15.8. The summed E-state index contributed by atoms with van der Waals surface area (Å²) in [6.07, 6.45) is 2.34. The Morgan fingerprint density at radius 1 is 0.963 bits per heavy atom. The van der Waals surface area contributed by atoms with Crippen LogP contribution >= 0.6 is 0 Å². The zero-order valence-electron chi connectivity index (χ0n) is 15.8. The van der Waals surface area contributed by atoms with Crippen LogP contribution in [0.2, 0.25) is 0 Å². The van der Waals surface area contributed by atoms with E-state index in [1.807, 2.05) is 48.5 Å². The molecule has 1 aromatic heterocycles. The number of carbonyl (C=O) groups is 1. The lowest BCUT2D eigenvalue weighted by atomic mass is 10.0. The van der Waals surface area contributed by atoms with E-state index in [2.05, 4.69) is 34.3 Å². The molecule has 1 aliphatic heterocycles. The second-order valence-corrected chi connectivity index (χ2v) is 7.34. The molecule has 0 unspecified atom stereocenters. The van der Waals surface area contributed by atoms with Gasteiger partial charge < -0.3 is 10.2 Å². The summed E-state index contributed by atoms with van der Waals surface area (Å²) in [5, 5.41) is 13.5. The van der Waals surface area contributed by atoms with Gasteiger partial charge in [0.1, 0.15) is 0 Å². The van der Waals surface area contributed by atoms with E-state index in [9.17, 15) is 4.79 Å². The number of carbonyl (C=O) groups excluding carboxylic acids is 1. The number of amides is 1. The average molecular weight is 360 g/mol. The number of hydrogen-bond donors (Lipinski definition) is 1. The monoisotopic (exact) mass is 360 g/mol. The number of hydrogen-bond acceptors (Lipinski definition) is 4. The van der Waals surface area contributed by atoms with E-state index in [4.69, 9.17) is 0 Å². The minimum absolute atomic E-state index is 0.232. The highest BCUT2D eigenvalue weighted by Crippen LogP contribution is 2.28. The first-order valence-corrected chi connectivity index (χ1v) is 9.55. The van der Waals surface area contributed by atoms with Crippen LogP contribution in [-0.4, -0.2) is 29.2 Å². The van der Waals surface area contributed by atoms with Crippen molar-refractivity contribution in [3.63, 3.8) is 0 Å². The van der Waals surface area contributed by atoms with Crippen LogP contribution in [0.25, 0.3) is 10.8 Å². The Hall–Kier alpha value is -2.95. The SMILES string of the molecule is CC(C)c1ccc(NC(=O)c2nnc(N3CCCC3)c3ccccc23)cc1. The molecule has 0 atom stereocenters. The van der Waals surface area contributed by atoms with Crippen LogP contribution in [0.5, 0.6) is 0 Å². The smallest absolute Gasteiger partial charge is 0.276 e. The first kappa shape index (κ1) is 17.5. The predicted octanol–water partition coefficient (Wildman–Crippen LogP) is 4.61. The van der Waals surface area contributed by atoms with Crippen LogP contribution in [0.15, 0.2) is 48.5 Å². The quantitative estimate of drug-likeness (QED) is 0.738. The molecule has 27 heavy (non-hydrogen) atoms. The van der Waals surface area contributed by atoms with Gasteiger partial charge >= 0.3 is 0 Å². The van der Waals surface area contributed by atoms with Crippen molar-refractivity contribution in [3.8, 4) is 0 Å². The van der Waals surface area contributed by atoms with E-state index in [1.54, 1.807) is 0 Å². The van der Waals surface area contributed by atoms with Crippen molar-refractivity contribution in [2.24, 2.45) is 0 Å². The summed E-state index contributed by atoms with van der Waals surface area (Å²) < 4.78 is 0. The Labute approximate surface area is 159 Å². The average Bonchev–Trinajstić information content (AvgIpc) is 3.22. The van der Waals surface area contributed by atoms with Gasteiger partial charge in [0.2, 0.25) is 0 Å². The summed E-state index contributed by atoms with van der Waals surface area (Å²) in [4.78, 5) is 15.1. The zero-order chi connectivity index (χ0) is 18.8. The van der Waals surface area contributed by atoms with Gasteiger partial charge in [0.15, 0.2) is 11.5 Å². The molecule has 2 heterocycles. The zero-order valence-corrected chi connectivity index (χ0v) is 15.8. The minimum Gasteiger partial charge on any atom is -0.355 e. The molecule has 4 rings (SSSR count). The molecule has 2 aromatic carbocycles. The summed E-state index contributed by atoms with van der Waals surface area (Å²) in [5.74, 6) is 1.10. The number of fused-ring (bicyclic) bond motifs is 1. The standard InChI is InChI=1S/C22H24N4O/c1-15(2)16-9-11-17(12-10-16)23-22(27)20-18-7-3-4-8-19(18)21(25-24-20)26-13-5-6-14-26/h3-4,7-12,15H,5-6,13-14H2,1-2H3,(H,23,27). The number of anilines is 2. The summed E-state index contributed by atoms with van der Waals surface area (Å²) in [7, 11) is 0. The predicted molar refractivity (Wildman–Crippen MR) is 109 cm³/mol. The number of aromatic nitrogens is 2. The molecule has 0 radical (unpaired) electrons. The Bertz CT molecular complexity index is 960. The van der Waals surface area contributed by atoms with Crippen molar-refractivity contribution in [3.05, 3.63) is 59.8 Å². The van der Waals surface area contributed by atoms with Crippen LogP contribution in [0.3, 0.4) is 0 Å². The molecule has 1 fully saturated rings. The highest BCUT2D eigenvalue weighted by atomic mass is 16.1. The second kappa shape index (κ2) is 7.35. The van der Waals surface area contributed by atoms with Crippen molar-refractivity contribution in [1.29, 1.82) is 0 Å². The topological polar surface area (TPSA) is 58.1 Å². The third-order valence-corrected chi connectivity index (χ3v) is 5.12. The van der Waals surface area contributed by atoms with Gasteiger partial charge in [-0.15, -0.1) is 10.2 Å². The lowest BCUT2D eigenvalue weighted by molar-refractivity contribution is 0.102. The maximum atomic E-state index is 12.9. The van der Waals surface area contributed by atoms with Gasteiger partial charge in [-0.2, -0.15) is 0 Å². The normalized spacial score (nSPS) is 14.1. The Morgan fingerprint density at radius 3 is 2.30 bits per heavy atom. The first-order valence-electron chi connectivity index (χ1n) is 9.55. The van der Waals surface area contributed by atoms with Crippen LogP contribution in [0.1, 0.15) is 48.7 Å². The van der Waals surface area contributed by atoms with Crippen molar-refractivity contribution in [2.45, 2.75) is 32.6 Å². The third kappa shape index (κ3) is 3.50. The van der Waals surface area contributed by atoms with E-state index in [1.165, 1.54) is 18.4 Å². The Morgan fingerprint density at radius 2 is 1.63 bits per heavy atom. The van der Waals surface area contributed by atoms with E-state index in [-0.39, 0.29) is 5.91 Å². The maximum absolute atomic E-state index is 12.9. The lowest BCUT2D eigenvalue weighted by Gasteiger charge is -2.18. The van der Waals surface area contributed by atoms with Crippen molar-refractivity contribution in [2.75, 3.05) is 23.3 Å². The van der Waals surface area contributed by atoms with Gasteiger partial charge in [0.25, 0.3) is 5.91 Å².